The Balaban J connectivity index is 1.45. The van der Waals surface area contributed by atoms with Crippen LogP contribution < -0.4 is 5.32 Å². The largest absolute Gasteiger partial charge is 0.417 e. The molecule has 3 unspecified atom stereocenters. The van der Waals surface area contributed by atoms with Crippen LogP contribution in [-0.4, -0.2) is 48.5 Å². The lowest BCUT2D eigenvalue weighted by Gasteiger charge is -2.33. The Kier molecular flexibility index (Phi) is 8.76. The van der Waals surface area contributed by atoms with Crippen LogP contribution in [0.3, 0.4) is 0 Å². The van der Waals surface area contributed by atoms with Gasteiger partial charge in [-0.15, -0.1) is 0 Å². The Morgan fingerprint density at radius 3 is 2.69 bits per heavy atom. The van der Waals surface area contributed by atoms with E-state index in [0.29, 0.717) is 48.3 Å². The molecular weight excluding hydrogens is 535 g/mol. The van der Waals surface area contributed by atoms with E-state index in [1.807, 2.05) is 13.1 Å². The van der Waals surface area contributed by atoms with E-state index in [9.17, 15) is 22.8 Å². The molecule has 208 valence electrons. The first kappa shape index (κ1) is 28.8. The van der Waals surface area contributed by atoms with E-state index in [-0.39, 0.29) is 35.0 Å². The lowest BCUT2D eigenvalue weighted by atomic mass is 9.72. The van der Waals surface area contributed by atoms with Crippen LogP contribution in [0.1, 0.15) is 52.5 Å². The molecule has 0 aliphatic heterocycles. The molecule has 0 radical (unpaired) electrons. The van der Waals surface area contributed by atoms with Gasteiger partial charge in [0.15, 0.2) is 5.78 Å². The van der Waals surface area contributed by atoms with Crippen LogP contribution in [0.25, 0.3) is 10.9 Å². The van der Waals surface area contributed by atoms with Gasteiger partial charge < -0.3 is 10.1 Å². The second-order valence-corrected chi connectivity index (χ2v) is 10.3. The van der Waals surface area contributed by atoms with Crippen molar-refractivity contribution in [2.45, 2.75) is 38.9 Å². The molecule has 0 spiro atoms. The summed E-state index contributed by atoms with van der Waals surface area (Å²) in [5, 5.41) is 7.63. The number of Topliss-reactive ketones (excluding diaryl/α,β-unsaturated/α-hetero) is 1. The predicted octanol–water partition coefficient (Wildman–Crippen LogP) is 6.10. The zero-order valence-electron chi connectivity index (χ0n) is 21.7. The SMILES string of the molecule is C=[O+]c1c(C(=O)NCCOC)ccc2nn(CC3CCC(C(=O)c4ccc(Cl)c(C(F)(F)F)c4)C(C)C3)cc12. The van der Waals surface area contributed by atoms with Crippen LogP contribution in [0.2, 0.25) is 5.02 Å². The Hall–Kier alpha value is -3.24. The summed E-state index contributed by atoms with van der Waals surface area (Å²) < 4.78 is 51.9. The van der Waals surface area contributed by atoms with Crippen molar-refractivity contribution in [2.24, 2.45) is 17.8 Å². The highest BCUT2D eigenvalue weighted by atomic mass is 35.5. The molecule has 2 aromatic carbocycles. The second-order valence-electron chi connectivity index (χ2n) is 9.94. The number of ether oxygens (including phenoxy) is 1. The van der Waals surface area contributed by atoms with E-state index in [0.717, 1.165) is 25.0 Å². The number of halogens is 4. The van der Waals surface area contributed by atoms with Crippen LogP contribution in [0, 0.1) is 17.8 Å². The highest BCUT2D eigenvalue weighted by molar-refractivity contribution is 6.31. The minimum atomic E-state index is -4.63. The minimum Gasteiger partial charge on any atom is -0.383 e. The quantitative estimate of drug-likeness (QED) is 0.193. The maximum Gasteiger partial charge on any atom is 0.417 e. The molecule has 11 heteroatoms. The van der Waals surface area contributed by atoms with E-state index in [4.69, 9.17) is 20.8 Å². The molecule has 3 aromatic rings. The standard InChI is InChI=1S/C28H29ClF3N3O4/c1-16-12-17(4-6-19(16)25(36)18-5-8-23(29)22(13-18)28(30,31)32)14-35-15-21-24(34-35)9-7-20(26(21)39-3)27(37)33-10-11-38-2/h5,7-9,13,15-17,19H,3-4,6,10-12,14H2,1-2H3/p+1. The average molecular weight is 565 g/mol. The first-order chi connectivity index (χ1) is 18.5. The number of nitrogens with one attached hydrogen (secondary N) is 1. The lowest BCUT2D eigenvalue weighted by Crippen LogP contribution is -2.31. The number of ketones is 1. The van der Waals surface area contributed by atoms with Crippen molar-refractivity contribution in [3.63, 3.8) is 0 Å². The van der Waals surface area contributed by atoms with Gasteiger partial charge in [0.25, 0.3) is 12.7 Å². The topological polar surface area (TPSA) is 84.5 Å². The molecule has 1 fully saturated rings. The highest BCUT2D eigenvalue weighted by Crippen LogP contribution is 2.39. The summed E-state index contributed by atoms with van der Waals surface area (Å²) in [6, 6.07) is 6.74. The molecule has 4 rings (SSSR count). The highest BCUT2D eigenvalue weighted by Gasteiger charge is 2.37. The first-order valence-corrected chi connectivity index (χ1v) is 13.0. The van der Waals surface area contributed by atoms with Crippen LogP contribution in [0.4, 0.5) is 13.2 Å². The fraction of sp³-hybridized carbons (Fsp3) is 0.429. The summed E-state index contributed by atoms with van der Waals surface area (Å²) >= 11 is 5.72. The molecular formula is C28H30ClF3N3O4+. The monoisotopic (exact) mass is 564 g/mol. The van der Waals surface area contributed by atoms with Crippen molar-refractivity contribution in [1.29, 1.82) is 0 Å². The van der Waals surface area contributed by atoms with Gasteiger partial charge >= 0.3 is 11.9 Å². The number of benzene rings is 2. The van der Waals surface area contributed by atoms with Crippen LogP contribution in [0.15, 0.2) is 36.5 Å². The van der Waals surface area contributed by atoms with Gasteiger partial charge in [-0.25, -0.2) is 4.42 Å². The smallest absolute Gasteiger partial charge is 0.383 e. The van der Waals surface area contributed by atoms with Gasteiger partial charge in [-0.05, 0) is 61.4 Å². The van der Waals surface area contributed by atoms with Gasteiger partial charge in [0.1, 0.15) is 16.5 Å². The molecule has 7 nitrogen and oxygen atoms in total. The zero-order chi connectivity index (χ0) is 28.3. The Morgan fingerprint density at radius 2 is 2.03 bits per heavy atom. The fourth-order valence-electron chi connectivity index (χ4n) is 5.34. The van der Waals surface area contributed by atoms with Gasteiger partial charge in [0.2, 0.25) is 0 Å². The molecule has 1 aliphatic carbocycles. The number of carbonyl (C=O) groups is 2. The van der Waals surface area contributed by atoms with E-state index >= 15 is 0 Å². The number of amides is 1. The van der Waals surface area contributed by atoms with Crippen molar-refractivity contribution in [3.05, 3.63) is 58.2 Å². The molecule has 1 amide bonds. The maximum absolute atomic E-state index is 13.3. The molecule has 1 saturated carbocycles. The second kappa shape index (κ2) is 11.9. The average Bonchev–Trinajstić information content (AvgIpc) is 3.30. The van der Waals surface area contributed by atoms with Crippen LogP contribution >= 0.6 is 11.6 Å². The molecule has 3 atom stereocenters. The van der Waals surface area contributed by atoms with Crippen LogP contribution in [-0.2, 0) is 21.9 Å². The molecule has 1 aromatic heterocycles. The van der Waals surface area contributed by atoms with Crippen LogP contribution in [0.5, 0.6) is 5.75 Å². The van der Waals surface area contributed by atoms with Gasteiger partial charge in [-0.1, -0.05) is 18.5 Å². The number of aromatic nitrogens is 2. The van der Waals surface area contributed by atoms with Gasteiger partial charge in [0, 0.05) is 37.9 Å². The Morgan fingerprint density at radius 1 is 1.26 bits per heavy atom. The number of carbonyl (C=O) groups excluding carboxylic acids is 3. The molecule has 1 N–H and O–H groups in total. The number of rotatable bonds is 9. The zero-order valence-corrected chi connectivity index (χ0v) is 22.4. The summed E-state index contributed by atoms with van der Waals surface area (Å²) in [5.41, 5.74) is 0.0327. The summed E-state index contributed by atoms with van der Waals surface area (Å²) in [6.07, 6.45) is -0.803. The number of alkyl halides is 3. The van der Waals surface area contributed by atoms with Gasteiger partial charge in [-0.3, -0.25) is 14.3 Å². The summed E-state index contributed by atoms with van der Waals surface area (Å²) in [4.78, 5) is 25.7. The predicted molar refractivity (Wildman–Crippen MR) is 141 cm³/mol. The third-order valence-corrected chi connectivity index (χ3v) is 7.61. The summed E-state index contributed by atoms with van der Waals surface area (Å²) in [5.74, 6) is -0.438. The first-order valence-electron chi connectivity index (χ1n) is 12.6. The molecule has 0 bridgehead atoms. The number of hydrogen-bond acceptors (Lipinski definition) is 4. The third-order valence-electron chi connectivity index (χ3n) is 7.28. The van der Waals surface area contributed by atoms with Crippen molar-refractivity contribution in [3.8, 4) is 5.75 Å². The number of fused-ring (bicyclic) bond motifs is 1. The summed E-state index contributed by atoms with van der Waals surface area (Å²) in [7, 11) is 1.55. The minimum absolute atomic E-state index is 0.0209. The number of nitrogens with zero attached hydrogens (tertiary/aromatic N) is 2. The summed E-state index contributed by atoms with van der Waals surface area (Å²) in [6.45, 7) is 6.79. The van der Waals surface area contributed by atoms with Crippen molar-refractivity contribution in [1.82, 2.24) is 15.1 Å². The van der Waals surface area contributed by atoms with Gasteiger partial charge in [0.05, 0.1) is 17.2 Å². The number of methoxy groups -OCH3 is 1. The van der Waals surface area contributed by atoms with Crippen molar-refractivity contribution >= 4 is 41.0 Å². The van der Waals surface area contributed by atoms with Crippen molar-refractivity contribution < 1.29 is 31.9 Å². The Labute approximate surface area is 229 Å². The molecule has 39 heavy (non-hydrogen) atoms. The fourth-order valence-corrected chi connectivity index (χ4v) is 5.57. The lowest BCUT2D eigenvalue weighted by molar-refractivity contribution is -0.352. The Bertz CT molecular complexity index is 1390. The maximum atomic E-state index is 13.3. The van der Waals surface area contributed by atoms with E-state index < -0.39 is 16.8 Å². The normalized spacial score (nSPS) is 19.7. The molecule has 1 heterocycles. The molecule has 1 aliphatic rings. The van der Waals surface area contributed by atoms with E-state index in [1.54, 1.807) is 23.9 Å². The third kappa shape index (κ3) is 6.33. The molecule has 0 saturated heterocycles. The van der Waals surface area contributed by atoms with Gasteiger partial charge in [-0.2, -0.15) is 18.3 Å². The van der Waals surface area contributed by atoms with E-state index in [2.05, 4.69) is 17.2 Å². The number of hydrogen-bond donors (Lipinski definition) is 1. The van der Waals surface area contributed by atoms with E-state index in [1.165, 1.54) is 6.07 Å². The van der Waals surface area contributed by atoms with Crippen molar-refractivity contribution in [2.75, 3.05) is 20.3 Å².